The lowest BCUT2D eigenvalue weighted by Crippen LogP contribution is -2.60. The van der Waals surface area contributed by atoms with Crippen LogP contribution in [-0.2, 0) is 9.53 Å². The second-order valence-electron chi connectivity index (χ2n) is 6.55. The fraction of sp³-hybridized carbons (Fsp3) is 0.867. The van der Waals surface area contributed by atoms with Gasteiger partial charge in [0.15, 0.2) is 0 Å². The predicted octanol–water partition coefficient (Wildman–Crippen LogP) is 1.11. The van der Waals surface area contributed by atoms with Gasteiger partial charge in [-0.05, 0) is 44.9 Å². The maximum absolute atomic E-state index is 12.0. The standard InChI is InChI=1S/C15H27N3O3/c1-11(2)16-14(20)18-8-6-15(7-9-18)5-4-12(15)17-13(19)10-21-3/h11-12H,4-10H2,1-3H3,(H,16,20)(H,17,19). The molecule has 21 heavy (non-hydrogen) atoms. The van der Waals surface area contributed by atoms with Gasteiger partial charge in [0, 0.05) is 32.3 Å². The van der Waals surface area contributed by atoms with Gasteiger partial charge in [-0.1, -0.05) is 0 Å². The molecule has 3 amide bonds. The largest absolute Gasteiger partial charge is 0.375 e. The van der Waals surface area contributed by atoms with Crippen molar-refractivity contribution in [1.29, 1.82) is 0 Å². The topological polar surface area (TPSA) is 70.7 Å². The second kappa shape index (κ2) is 6.64. The lowest BCUT2D eigenvalue weighted by Gasteiger charge is -2.54. The average molecular weight is 297 g/mol. The Labute approximate surface area is 126 Å². The molecule has 0 bridgehead atoms. The maximum atomic E-state index is 12.0. The van der Waals surface area contributed by atoms with Crippen LogP contribution >= 0.6 is 0 Å². The summed E-state index contributed by atoms with van der Waals surface area (Å²) in [5, 5.41) is 6.01. The maximum Gasteiger partial charge on any atom is 0.317 e. The van der Waals surface area contributed by atoms with Gasteiger partial charge in [0.25, 0.3) is 0 Å². The monoisotopic (exact) mass is 297 g/mol. The smallest absolute Gasteiger partial charge is 0.317 e. The van der Waals surface area contributed by atoms with Crippen LogP contribution in [0.5, 0.6) is 0 Å². The van der Waals surface area contributed by atoms with Crippen molar-refractivity contribution in [3.8, 4) is 0 Å². The van der Waals surface area contributed by atoms with Gasteiger partial charge in [-0.15, -0.1) is 0 Å². The van der Waals surface area contributed by atoms with Gasteiger partial charge < -0.3 is 20.3 Å². The molecule has 1 aliphatic carbocycles. The average Bonchev–Trinajstić information content (AvgIpc) is 2.43. The first-order chi connectivity index (χ1) is 9.97. The van der Waals surface area contributed by atoms with E-state index in [0.717, 1.165) is 38.8 Å². The molecule has 1 spiro atoms. The number of carbonyl (C=O) groups is 2. The number of likely N-dealkylation sites (tertiary alicyclic amines) is 1. The van der Waals surface area contributed by atoms with E-state index in [1.807, 2.05) is 18.7 Å². The molecular formula is C15H27N3O3. The van der Waals surface area contributed by atoms with Crippen molar-refractivity contribution in [3.05, 3.63) is 0 Å². The van der Waals surface area contributed by atoms with E-state index in [9.17, 15) is 9.59 Å². The molecule has 2 N–H and O–H groups in total. The molecule has 0 aromatic heterocycles. The summed E-state index contributed by atoms with van der Waals surface area (Å²) in [6.45, 7) is 5.60. The van der Waals surface area contributed by atoms with E-state index in [1.165, 1.54) is 7.11 Å². The Bertz CT molecular complexity index is 390. The van der Waals surface area contributed by atoms with E-state index < -0.39 is 0 Å². The van der Waals surface area contributed by atoms with E-state index in [2.05, 4.69) is 10.6 Å². The first-order valence-corrected chi connectivity index (χ1v) is 7.80. The van der Waals surface area contributed by atoms with E-state index >= 15 is 0 Å². The van der Waals surface area contributed by atoms with Gasteiger partial charge in [0.1, 0.15) is 6.61 Å². The van der Waals surface area contributed by atoms with Crippen LogP contribution in [0.3, 0.4) is 0 Å². The summed E-state index contributed by atoms with van der Waals surface area (Å²) in [5.41, 5.74) is 0.192. The molecule has 2 aliphatic rings. The number of hydrogen-bond donors (Lipinski definition) is 2. The number of amides is 3. The second-order valence-corrected chi connectivity index (χ2v) is 6.55. The van der Waals surface area contributed by atoms with Crippen LogP contribution in [0, 0.1) is 5.41 Å². The van der Waals surface area contributed by atoms with Gasteiger partial charge in [0.05, 0.1) is 0 Å². The number of piperidine rings is 1. The molecular weight excluding hydrogens is 270 g/mol. The van der Waals surface area contributed by atoms with Crippen LogP contribution in [0.4, 0.5) is 4.79 Å². The molecule has 0 radical (unpaired) electrons. The van der Waals surface area contributed by atoms with E-state index in [0.29, 0.717) is 0 Å². The van der Waals surface area contributed by atoms with Crippen molar-refractivity contribution in [2.24, 2.45) is 5.41 Å². The summed E-state index contributed by atoms with van der Waals surface area (Å²) in [5.74, 6) is -0.0402. The number of nitrogens with zero attached hydrogens (tertiary/aromatic N) is 1. The first kappa shape index (κ1) is 16.1. The SMILES string of the molecule is COCC(=O)NC1CCC12CCN(C(=O)NC(C)C)CC2. The Hall–Kier alpha value is -1.30. The van der Waals surface area contributed by atoms with Crippen molar-refractivity contribution in [2.45, 2.75) is 51.6 Å². The van der Waals surface area contributed by atoms with Crippen LogP contribution < -0.4 is 10.6 Å². The number of hydrogen-bond acceptors (Lipinski definition) is 3. The number of methoxy groups -OCH3 is 1. The van der Waals surface area contributed by atoms with Gasteiger partial charge in [0.2, 0.25) is 5.91 Å². The number of nitrogens with one attached hydrogen (secondary N) is 2. The summed E-state index contributed by atoms with van der Waals surface area (Å²) >= 11 is 0. The minimum atomic E-state index is -0.0402. The highest BCUT2D eigenvalue weighted by molar-refractivity contribution is 5.77. The van der Waals surface area contributed by atoms with Gasteiger partial charge in [-0.2, -0.15) is 0 Å². The van der Waals surface area contributed by atoms with E-state index in [4.69, 9.17) is 4.74 Å². The zero-order valence-electron chi connectivity index (χ0n) is 13.3. The number of rotatable bonds is 4. The van der Waals surface area contributed by atoms with Crippen molar-refractivity contribution >= 4 is 11.9 Å². The zero-order valence-corrected chi connectivity index (χ0v) is 13.3. The van der Waals surface area contributed by atoms with Gasteiger partial charge >= 0.3 is 6.03 Å². The number of ether oxygens (including phenoxy) is 1. The molecule has 1 unspecified atom stereocenters. The summed E-state index contributed by atoms with van der Waals surface area (Å²) in [6.07, 6.45) is 4.12. The Morgan fingerprint density at radius 3 is 2.43 bits per heavy atom. The fourth-order valence-corrected chi connectivity index (χ4v) is 3.38. The third kappa shape index (κ3) is 3.67. The summed E-state index contributed by atoms with van der Waals surface area (Å²) in [4.78, 5) is 25.5. The number of carbonyl (C=O) groups excluding carboxylic acids is 2. The molecule has 1 atom stereocenters. The molecule has 1 saturated carbocycles. The minimum Gasteiger partial charge on any atom is -0.375 e. The summed E-state index contributed by atoms with van der Waals surface area (Å²) in [6, 6.07) is 0.438. The molecule has 1 saturated heterocycles. The molecule has 0 aromatic carbocycles. The molecule has 1 aliphatic heterocycles. The van der Waals surface area contributed by atoms with Crippen LogP contribution in [0.2, 0.25) is 0 Å². The highest BCUT2D eigenvalue weighted by Gasteiger charge is 2.49. The van der Waals surface area contributed by atoms with Crippen LogP contribution in [-0.4, -0.2) is 55.7 Å². The van der Waals surface area contributed by atoms with E-state index in [-0.39, 0.29) is 36.0 Å². The van der Waals surface area contributed by atoms with Crippen molar-refractivity contribution < 1.29 is 14.3 Å². The van der Waals surface area contributed by atoms with Crippen molar-refractivity contribution in [2.75, 3.05) is 26.8 Å². The Morgan fingerprint density at radius 2 is 1.95 bits per heavy atom. The third-order valence-corrected chi connectivity index (χ3v) is 4.74. The summed E-state index contributed by atoms with van der Waals surface area (Å²) < 4.78 is 4.86. The van der Waals surface area contributed by atoms with Crippen molar-refractivity contribution in [3.63, 3.8) is 0 Å². The Balaban J connectivity index is 1.82. The molecule has 2 fully saturated rings. The van der Waals surface area contributed by atoms with Gasteiger partial charge in [-0.3, -0.25) is 4.79 Å². The molecule has 6 heteroatoms. The van der Waals surface area contributed by atoms with Crippen LogP contribution in [0.15, 0.2) is 0 Å². The highest BCUT2D eigenvalue weighted by Crippen LogP contribution is 2.49. The zero-order chi connectivity index (χ0) is 15.5. The third-order valence-electron chi connectivity index (χ3n) is 4.74. The molecule has 1 heterocycles. The fourth-order valence-electron chi connectivity index (χ4n) is 3.38. The van der Waals surface area contributed by atoms with Crippen molar-refractivity contribution in [1.82, 2.24) is 15.5 Å². The number of urea groups is 1. The molecule has 6 nitrogen and oxygen atoms in total. The summed E-state index contributed by atoms with van der Waals surface area (Å²) in [7, 11) is 1.53. The molecule has 120 valence electrons. The normalized spacial score (nSPS) is 23.8. The van der Waals surface area contributed by atoms with Crippen LogP contribution in [0.25, 0.3) is 0 Å². The van der Waals surface area contributed by atoms with E-state index in [1.54, 1.807) is 0 Å². The Kier molecular flexibility index (Phi) is 5.08. The van der Waals surface area contributed by atoms with Crippen LogP contribution in [0.1, 0.15) is 39.5 Å². The predicted molar refractivity (Wildman–Crippen MR) is 79.9 cm³/mol. The molecule has 0 aromatic rings. The van der Waals surface area contributed by atoms with Gasteiger partial charge in [-0.25, -0.2) is 4.79 Å². The first-order valence-electron chi connectivity index (χ1n) is 7.80. The highest BCUT2D eigenvalue weighted by atomic mass is 16.5. The quantitative estimate of drug-likeness (QED) is 0.816. The Morgan fingerprint density at radius 1 is 1.29 bits per heavy atom. The minimum absolute atomic E-state index is 0.0270. The molecule has 2 rings (SSSR count). The lowest BCUT2D eigenvalue weighted by molar-refractivity contribution is -0.129. The lowest BCUT2D eigenvalue weighted by atomic mass is 9.59.